The quantitative estimate of drug-likeness (QED) is 0.326. The number of aromatic amines is 1. The summed E-state index contributed by atoms with van der Waals surface area (Å²) >= 11 is 0. The van der Waals surface area contributed by atoms with Crippen molar-refractivity contribution in [3.05, 3.63) is 40.7 Å². The van der Waals surface area contributed by atoms with Crippen LogP contribution in [0.5, 0.6) is 0 Å². The molecule has 0 unspecified atom stereocenters. The van der Waals surface area contributed by atoms with Gasteiger partial charge in [0, 0.05) is 61.9 Å². The molecule has 0 saturated carbocycles. The number of fused-ring (bicyclic) bond motifs is 3. The predicted molar refractivity (Wildman–Crippen MR) is 151 cm³/mol. The van der Waals surface area contributed by atoms with E-state index in [9.17, 15) is 18.0 Å². The number of carbonyl (C=O) groups excluding carboxylic acids is 1. The standard InChI is InChI=1S/C29H35F3N8O/c1-38-12-14-39(15-13-38)17-8-10-40(11-9-17)28(41)25(34)24-21(33)6-7-22-23(24)18-4-2-3-5-19(18)26(36-22)20-16-35-37-27(20)29(30,31)32/h6-7,16-17,34H,2-5,8-15,33H2,1H3,(H,35,37). The molecule has 1 aromatic carbocycles. The van der Waals surface area contributed by atoms with Crippen LogP contribution in [0.2, 0.25) is 0 Å². The number of piperazine rings is 1. The minimum atomic E-state index is -4.61. The number of hydrogen-bond donors (Lipinski definition) is 3. The van der Waals surface area contributed by atoms with E-state index >= 15 is 0 Å². The van der Waals surface area contributed by atoms with Crippen molar-refractivity contribution in [3.8, 4) is 11.3 Å². The molecule has 4 N–H and O–H groups in total. The van der Waals surface area contributed by atoms with Crippen molar-refractivity contribution in [2.75, 3.05) is 52.0 Å². The van der Waals surface area contributed by atoms with Crippen LogP contribution < -0.4 is 5.73 Å². The van der Waals surface area contributed by atoms with Crippen molar-refractivity contribution in [3.63, 3.8) is 0 Å². The Labute approximate surface area is 236 Å². The van der Waals surface area contributed by atoms with Gasteiger partial charge in [0.05, 0.1) is 23.0 Å². The van der Waals surface area contributed by atoms with Gasteiger partial charge in [-0.15, -0.1) is 0 Å². The molecule has 6 rings (SSSR count). The van der Waals surface area contributed by atoms with Crippen molar-refractivity contribution in [1.29, 1.82) is 5.41 Å². The van der Waals surface area contributed by atoms with Gasteiger partial charge in [0.15, 0.2) is 0 Å². The number of pyridine rings is 1. The van der Waals surface area contributed by atoms with E-state index < -0.39 is 11.9 Å². The molecule has 4 heterocycles. The minimum absolute atomic E-state index is 0.0923. The lowest BCUT2D eigenvalue weighted by Crippen LogP contribution is -2.53. The summed E-state index contributed by atoms with van der Waals surface area (Å²) < 4.78 is 41.3. The number of alkyl halides is 3. The van der Waals surface area contributed by atoms with Crippen molar-refractivity contribution in [1.82, 2.24) is 29.9 Å². The van der Waals surface area contributed by atoms with Crippen LogP contribution in [0.1, 0.15) is 48.1 Å². The number of nitrogens with one attached hydrogen (secondary N) is 2. The molecule has 0 atom stereocenters. The van der Waals surface area contributed by atoms with Crippen LogP contribution in [0.15, 0.2) is 18.3 Å². The highest BCUT2D eigenvalue weighted by atomic mass is 19.4. The molecule has 41 heavy (non-hydrogen) atoms. The van der Waals surface area contributed by atoms with Gasteiger partial charge in [0.25, 0.3) is 5.91 Å². The zero-order valence-electron chi connectivity index (χ0n) is 23.2. The first kappa shape index (κ1) is 27.6. The fourth-order valence-electron chi connectivity index (χ4n) is 6.70. The van der Waals surface area contributed by atoms with E-state index in [-0.39, 0.29) is 22.9 Å². The van der Waals surface area contributed by atoms with E-state index in [1.807, 2.05) is 0 Å². The molecule has 2 saturated heterocycles. The summed E-state index contributed by atoms with van der Waals surface area (Å²) in [5.41, 5.74) is 8.02. The van der Waals surface area contributed by atoms with Gasteiger partial charge >= 0.3 is 6.18 Å². The maximum atomic E-state index is 13.8. The topological polar surface area (TPSA) is 118 Å². The van der Waals surface area contributed by atoms with E-state index in [1.54, 1.807) is 17.0 Å². The van der Waals surface area contributed by atoms with E-state index in [0.29, 0.717) is 59.7 Å². The number of carbonyl (C=O) groups is 1. The fraction of sp³-hybridized carbons (Fsp3) is 0.517. The van der Waals surface area contributed by atoms with Gasteiger partial charge in [0.2, 0.25) is 0 Å². The lowest BCUT2D eigenvalue weighted by molar-refractivity contribution is -0.140. The third-order valence-corrected chi connectivity index (χ3v) is 8.95. The third-order valence-electron chi connectivity index (χ3n) is 8.95. The van der Waals surface area contributed by atoms with E-state index in [4.69, 9.17) is 11.1 Å². The number of likely N-dealkylation sites (N-methyl/N-ethyl adjacent to an activating group) is 1. The zero-order valence-corrected chi connectivity index (χ0v) is 23.2. The number of nitrogens with zero attached hydrogens (tertiary/aromatic N) is 5. The first-order chi connectivity index (χ1) is 19.6. The summed E-state index contributed by atoms with van der Waals surface area (Å²) in [4.78, 5) is 24.9. The van der Waals surface area contributed by atoms with Crippen molar-refractivity contribution in [2.45, 2.75) is 50.7 Å². The third kappa shape index (κ3) is 5.07. The van der Waals surface area contributed by atoms with Crippen LogP contribution in [0, 0.1) is 5.41 Å². The molecule has 3 aliphatic rings. The Morgan fingerprint density at radius 3 is 2.41 bits per heavy atom. The van der Waals surface area contributed by atoms with Gasteiger partial charge in [-0.3, -0.25) is 20.2 Å². The monoisotopic (exact) mass is 568 g/mol. The zero-order chi connectivity index (χ0) is 28.9. The second-order valence-corrected chi connectivity index (χ2v) is 11.4. The molecule has 0 bridgehead atoms. The second-order valence-electron chi connectivity index (χ2n) is 11.4. The van der Waals surface area contributed by atoms with E-state index in [0.717, 1.165) is 57.4 Å². The van der Waals surface area contributed by atoms with Crippen LogP contribution >= 0.6 is 0 Å². The first-order valence-corrected chi connectivity index (χ1v) is 14.3. The lowest BCUT2D eigenvalue weighted by Gasteiger charge is -2.42. The second kappa shape index (κ2) is 10.7. The SMILES string of the molecule is CN1CCN(C2CCN(C(=O)C(=N)c3c(N)ccc4nc(-c5cn[nH]c5C(F)(F)F)c5c(c34)CCCC5)CC2)CC1. The molecule has 2 fully saturated rings. The minimum Gasteiger partial charge on any atom is -0.398 e. The summed E-state index contributed by atoms with van der Waals surface area (Å²) in [6, 6.07) is 3.69. The van der Waals surface area contributed by atoms with Crippen LogP contribution in [0.4, 0.5) is 18.9 Å². The highest BCUT2D eigenvalue weighted by Crippen LogP contribution is 2.41. The molecule has 12 heteroatoms. The number of rotatable bonds is 4. The molecule has 0 radical (unpaired) electrons. The molecular formula is C29H35F3N8O. The number of nitrogens with two attached hydrogens (primary N) is 1. The number of piperidine rings is 1. The maximum Gasteiger partial charge on any atom is 0.433 e. The Bertz CT molecular complexity index is 1480. The van der Waals surface area contributed by atoms with Gasteiger partial charge in [-0.1, -0.05) is 0 Å². The predicted octanol–water partition coefficient (Wildman–Crippen LogP) is 3.71. The largest absolute Gasteiger partial charge is 0.433 e. The molecular weight excluding hydrogens is 533 g/mol. The molecule has 3 aromatic rings. The number of aromatic nitrogens is 3. The summed E-state index contributed by atoms with van der Waals surface area (Å²) in [6.45, 7) is 5.29. The van der Waals surface area contributed by atoms with Gasteiger partial charge in [-0.25, -0.2) is 4.98 Å². The van der Waals surface area contributed by atoms with Crippen molar-refractivity contribution < 1.29 is 18.0 Å². The highest BCUT2D eigenvalue weighted by molar-refractivity contribution is 6.47. The van der Waals surface area contributed by atoms with Crippen LogP contribution in [-0.4, -0.2) is 93.9 Å². The average molecular weight is 569 g/mol. The lowest BCUT2D eigenvalue weighted by atomic mass is 9.84. The van der Waals surface area contributed by atoms with Crippen molar-refractivity contribution >= 4 is 28.2 Å². The molecule has 1 aliphatic carbocycles. The Morgan fingerprint density at radius 1 is 1.05 bits per heavy atom. The van der Waals surface area contributed by atoms with Gasteiger partial charge in [0.1, 0.15) is 11.4 Å². The smallest absolute Gasteiger partial charge is 0.398 e. The summed E-state index contributed by atoms with van der Waals surface area (Å²) in [5.74, 6) is -0.371. The molecule has 9 nitrogen and oxygen atoms in total. The summed E-state index contributed by atoms with van der Waals surface area (Å²) in [6.07, 6.45) is 1.09. The maximum absolute atomic E-state index is 13.8. The highest BCUT2D eigenvalue weighted by Gasteiger charge is 2.38. The Hall–Kier alpha value is -3.51. The number of benzene rings is 1. The number of amides is 1. The van der Waals surface area contributed by atoms with Crippen LogP contribution in [0.3, 0.4) is 0 Å². The summed E-state index contributed by atoms with van der Waals surface area (Å²) in [7, 11) is 2.13. The Kier molecular flexibility index (Phi) is 7.23. The Morgan fingerprint density at radius 2 is 1.73 bits per heavy atom. The normalized spacial score (nSPS) is 19.5. The molecule has 1 amide bonds. The van der Waals surface area contributed by atoms with Gasteiger partial charge in [-0.2, -0.15) is 18.3 Å². The van der Waals surface area contributed by atoms with Gasteiger partial charge in [-0.05, 0) is 68.8 Å². The summed E-state index contributed by atoms with van der Waals surface area (Å²) in [5, 5.41) is 15.4. The van der Waals surface area contributed by atoms with Crippen LogP contribution in [0.25, 0.3) is 22.2 Å². The number of halogens is 3. The number of nitrogen functional groups attached to an aromatic ring is 1. The van der Waals surface area contributed by atoms with E-state index in [2.05, 4.69) is 32.0 Å². The molecule has 2 aromatic heterocycles. The number of hydrogen-bond acceptors (Lipinski definition) is 7. The van der Waals surface area contributed by atoms with E-state index in [1.165, 1.54) is 6.20 Å². The van der Waals surface area contributed by atoms with Crippen molar-refractivity contribution in [2.24, 2.45) is 0 Å². The fourth-order valence-corrected chi connectivity index (χ4v) is 6.70. The number of H-pyrrole nitrogens is 1. The molecule has 0 spiro atoms. The number of aryl methyl sites for hydroxylation is 1. The Balaban J connectivity index is 1.33. The first-order valence-electron chi connectivity index (χ1n) is 14.3. The van der Waals surface area contributed by atoms with Crippen LogP contribution in [-0.2, 0) is 23.8 Å². The number of likely N-dealkylation sites (tertiary alicyclic amines) is 1. The number of anilines is 1. The van der Waals surface area contributed by atoms with Gasteiger partial charge < -0.3 is 15.5 Å². The molecule has 2 aliphatic heterocycles. The average Bonchev–Trinajstić information content (AvgIpc) is 3.47. The molecule has 218 valence electrons.